The minimum Gasteiger partial charge on any atom is -0.401 e. The molecule has 0 spiro atoms. The van der Waals surface area contributed by atoms with E-state index in [9.17, 15) is 4.79 Å². The molecule has 5 nitrogen and oxygen atoms in total. The molecule has 1 aliphatic carbocycles. The smallest absolute Gasteiger partial charge is 0.261 e. The number of hydrogen-bond donors (Lipinski definition) is 0. The maximum atomic E-state index is 10.6. The Balaban J connectivity index is 1.57. The lowest BCUT2D eigenvalue weighted by Crippen LogP contribution is -2.66. The van der Waals surface area contributed by atoms with Gasteiger partial charge in [0, 0.05) is 12.1 Å². The van der Waals surface area contributed by atoms with Crippen molar-refractivity contribution in [1.29, 1.82) is 0 Å². The number of nitrogens with zero attached hydrogens (tertiary/aromatic N) is 2. The molecule has 1 heterocycles. The van der Waals surface area contributed by atoms with E-state index in [0.717, 1.165) is 43.5 Å². The highest BCUT2D eigenvalue weighted by Crippen LogP contribution is 2.37. The van der Waals surface area contributed by atoms with Crippen molar-refractivity contribution in [3.63, 3.8) is 0 Å². The summed E-state index contributed by atoms with van der Waals surface area (Å²) in [6.45, 7) is 7.49. The third kappa shape index (κ3) is 5.77. The highest BCUT2D eigenvalue weighted by atomic mass is 28.4. The van der Waals surface area contributed by atoms with Gasteiger partial charge in [-0.05, 0) is 47.2 Å². The number of carbonyl (C=O) groups excluding carboxylic acids is 1. The summed E-state index contributed by atoms with van der Waals surface area (Å²) in [6.07, 6.45) is 6.67. The van der Waals surface area contributed by atoms with E-state index >= 15 is 0 Å². The van der Waals surface area contributed by atoms with Crippen molar-refractivity contribution in [2.45, 2.75) is 70.1 Å². The van der Waals surface area contributed by atoms with Crippen LogP contribution in [0.1, 0.15) is 63.9 Å². The van der Waals surface area contributed by atoms with Crippen molar-refractivity contribution in [2.75, 3.05) is 6.61 Å². The first-order valence-electron chi connectivity index (χ1n) is 12.6. The van der Waals surface area contributed by atoms with Crippen LogP contribution in [0.15, 0.2) is 72.9 Å². The van der Waals surface area contributed by atoms with Gasteiger partial charge in [0.2, 0.25) is 0 Å². The summed E-state index contributed by atoms with van der Waals surface area (Å²) in [7, 11) is -2.62. The second kappa shape index (κ2) is 11.4. The zero-order valence-electron chi connectivity index (χ0n) is 21.0. The lowest BCUT2D eigenvalue weighted by atomic mass is 9.87. The van der Waals surface area contributed by atoms with Crippen LogP contribution in [0.3, 0.4) is 0 Å². The van der Waals surface area contributed by atoms with Gasteiger partial charge in [0.25, 0.3) is 8.32 Å². The topological polar surface area (TPSA) is 61.3 Å². The molecule has 1 aliphatic rings. The van der Waals surface area contributed by atoms with Gasteiger partial charge in [-0.1, -0.05) is 81.4 Å². The van der Waals surface area contributed by atoms with E-state index in [1.807, 2.05) is 12.3 Å². The summed E-state index contributed by atoms with van der Waals surface area (Å²) in [4.78, 5) is 20.1. The zero-order chi connectivity index (χ0) is 24.7. The third-order valence-corrected chi connectivity index (χ3v) is 12.0. The van der Waals surface area contributed by atoms with Gasteiger partial charge in [0.15, 0.2) is 0 Å². The van der Waals surface area contributed by atoms with Crippen LogP contribution in [0.5, 0.6) is 0 Å². The molecule has 0 atom stereocenters. The molecular formula is C29H36N2O3Si. The lowest BCUT2D eigenvalue weighted by molar-refractivity contribution is -0.114. The molecule has 4 rings (SSSR count). The van der Waals surface area contributed by atoms with Crippen molar-refractivity contribution in [2.24, 2.45) is 0 Å². The Labute approximate surface area is 210 Å². The molecule has 35 heavy (non-hydrogen) atoms. The van der Waals surface area contributed by atoms with Crippen LogP contribution in [0.4, 0.5) is 0 Å². The summed E-state index contributed by atoms with van der Waals surface area (Å²) in [5.41, 5.74) is 0.919. The molecule has 0 N–H and O–H groups in total. The minimum atomic E-state index is -2.62. The monoisotopic (exact) mass is 488 g/mol. The van der Waals surface area contributed by atoms with Gasteiger partial charge >= 0.3 is 0 Å². The second-order valence-electron chi connectivity index (χ2n) is 10.3. The van der Waals surface area contributed by atoms with Gasteiger partial charge in [0.1, 0.15) is 18.7 Å². The number of benzene rings is 2. The second-order valence-corrected chi connectivity index (χ2v) is 14.6. The number of aldehydes is 1. The molecule has 2 aromatic carbocycles. The van der Waals surface area contributed by atoms with Gasteiger partial charge in [-0.2, -0.15) is 0 Å². The maximum absolute atomic E-state index is 10.6. The molecular weight excluding hydrogens is 452 g/mol. The van der Waals surface area contributed by atoms with Crippen LogP contribution in [0, 0.1) is 0 Å². The molecule has 0 unspecified atom stereocenters. The molecule has 6 heteroatoms. The molecule has 0 amide bonds. The van der Waals surface area contributed by atoms with Crippen LogP contribution in [0.25, 0.3) is 0 Å². The standard InChI is InChI=1S/C29H36N2O3Si/c1-29(2,3)35(26-10-6-4-7-11-26,27-12-8-5-9-13-27)34-22-24-18-19-30-28(31-24)23-14-16-25(17-15-23)33-21-20-32/h4-13,18-20,23,25H,14-17,21-22H2,1-3H3/t23-,25-. The van der Waals surface area contributed by atoms with E-state index in [0.29, 0.717) is 12.5 Å². The highest BCUT2D eigenvalue weighted by Gasteiger charge is 2.50. The van der Waals surface area contributed by atoms with Crippen molar-refractivity contribution in [3.05, 3.63) is 84.4 Å². The fourth-order valence-electron chi connectivity index (χ4n) is 5.30. The van der Waals surface area contributed by atoms with Gasteiger partial charge in [0.05, 0.1) is 18.4 Å². The first-order chi connectivity index (χ1) is 16.9. The molecule has 0 radical (unpaired) electrons. The van der Waals surface area contributed by atoms with Crippen LogP contribution >= 0.6 is 0 Å². The normalized spacial score (nSPS) is 18.8. The average molecular weight is 489 g/mol. The summed E-state index contributed by atoms with van der Waals surface area (Å²) < 4.78 is 12.7. The van der Waals surface area contributed by atoms with Crippen LogP contribution in [-0.2, 0) is 20.6 Å². The Hall–Kier alpha value is -2.67. The molecule has 1 fully saturated rings. The zero-order valence-corrected chi connectivity index (χ0v) is 22.0. The minimum absolute atomic E-state index is 0.0779. The van der Waals surface area contributed by atoms with Crippen molar-refractivity contribution >= 4 is 25.0 Å². The predicted octanol–water partition coefficient (Wildman–Crippen LogP) is 4.79. The Bertz CT molecular complexity index is 1040. The SMILES string of the molecule is CC(C)(C)[Si](OCc1ccnc([C@H]2CC[C@H](OCC=O)CC2)n1)(c1ccccc1)c1ccccc1. The van der Waals surface area contributed by atoms with Gasteiger partial charge in [-0.15, -0.1) is 0 Å². The first-order valence-corrected chi connectivity index (χ1v) is 14.5. The molecule has 1 aromatic heterocycles. The van der Waals surface area contributed by atoms with Crippen molar-refractivity contribution in [3.8, 4) is 0 Å². The van der Waals surface area contributed by atoms with Crippen molar-refractivity contribution in [1.82, 2.24) is 9.97 Å². The quantitative estimate of drug-likeness (QED) is 0.320. The van der Waals surface area contributed by atoms with E-state index < -0.39 is 8.32 Å². The largest absolute Gasteiger partial charge is 0.401 e. The number of ether oxygens (including phenoxy) is 1. The molecule has 3 aromatic rings. The van der Waals surface area contributed by atoms with Gasteiger partial charge < -0.3 is 14.0 Å². The number of carbonyl (C=O) groups is 1. The lowest BCUT2D eigenvalue weighted by Gasteiger charge is -2.43. The summed E-state index contributed by atoms with van der Waals surface area (Å²) in [6, 6.07) is 23.3. The predicted molar refractivity (Wildman–Crippen MR) is 141 cm³/mol. The highest BCUT2D eigenvalue weighted by molar-refractivity contribution is 6.99. The summed E-state index contributed by atoms with van der Waals surface area (Å²) in [5, 5.41) is 2.45. The Morgan fingerprint density at radius 3 is 2.06 bits per heavy atom. The van der Waals surface area contributed by atoms with Gasteiger partial charge in [-0.25, -0.2) is 9.97 Å². The van der Waals surface area contributed by atoms with E-state index in [-0.39, 0.29) is 17.7 Å². The fourth-order valence-corrected chi connectivity index (χ4v) is 9.82. The van der Waals surface area contributed by atoms with Crippen LogP contribution < -0.4 is 10.4 Å². The maximum Gasteiger partial charge on any atom is 0.261 e. The third-order valence-electron chi connectivity index (χ3n) is 7.02. The van der Waals surface area contributed by atoms with E-state index in [2.05, 4.69) is 86.4 Å². The van der Waals surface area contributed by atoms with E-state index in [4.69, 9.17) is 14.1 Å². The number of hydrogen-bond acceptors (Lipinski definition) is 5. The first kappa shape index (κ1) is 25.4. The molecule has 0 saturated heterocycles. The molecule has 0 bridgehead atoms. The average Bonchev–Trinajstić information content (AvgIpc) is 2.89. The Morgan fingerprint density at radius 2 is 1.51 bits per heavy atom. The number of rotatable bonds is 9. The molecule has 0 aliphatic heterocycles. The Morgan fingerprint density at radius 1 is 0.914 bits per heavy atom. The molecule has 1 saturated carbocycles. The summed E-state index contributed by atoms with van der Waals surface area (Å²) in [5.74, 6) is 1.21. The summed E-state index contributed by atoms with van der Waals surface area (Å²) >= 11 is 0. The fraction of sp³-hybridized carbons (Fsp3) is 0.414. The van der Waals surface area contributed by atoms with Gasteiger partial charge in [-0.3, -0.25) is 0 Å². The van der Waals surface area contributed by atoms with Crippen LogP contribution in [-0.4, -0.2) is 37.3 Å². The number of aromatic nitrogens is 2. The van der Waals surface area contributed by atoms with Crippen molar-refractivity contribution < 1.29 is 14.0 Å². The van der Waals surface area contributed by atoms with E-state index in [1.54, 1.807) is 0 Å². The van der Waals surface area contributed by atoms with Crippen LogP contribution in [0.2, 0.25) is 5.04 Å². The van der Waals surface area contributed by atoms with E-state index in [1.165, 1.54) is 10.4 Å². The molecule has 184 valence electrons. The Kier molecular flexibility index (Phi) is 8.26.